The van der Waals surface area contributed by atoms with E-state index in [1.165, 1.54) is 0 Å². The van der Waals surface area contributed by atoms with Crippen LogP contribution in [0.5, 0.6) is 0 Å². The molecule has 0 saturated carbocycles. The van der Waals surface area contributed by atoms with Crippen molar-refractivity contribution in [1.29, 1.82) is 0 Å². The lowest BCUT2D eigenvalue weighted by Gasteiger charge is -2.24. The Morgan fingerprint density at radius 3 is 1.67 bits per heavy atom. The summed E-state index contributed by atoms with van der Waals surface area (Å²) in [6.07, 6.45) is -3.72. The van der Waals surface area contributed by atoms with Crippen molar-refractivity contribution in [2.45, 2.75) is 31.5 Å². The molecule has 86 valence electrons. The van der Waals surface area contributed by atoms with Gasteiger partial charge in [-0.15, -0.1) is 0 Å². The number of aliphatic hydroxyl groups excluding tert-OH is 1. The molecule has 0 bridgehead atoms. The molecular formula is C8H12O7. The highest BCUT2D eigenvalue weighted by molar-refractivity contribution is 5.96. The maximum absolute atomic E-state index is 11.2. The SMILES string of the molecule is CC(O)C(=O)C(O)(CC(=O)O)CC(=O)O. The second-order valence-corrected chi connectivity index (χ2v) is 3.21. The Balaban J connectivity index is 4.92. The molecule has 7 nitrogen and oxygen atoms in total. The third kappa shape index (κ3) is 4.05. The molecule has 0 aliphatic rings. The summed E-state index contributed by atoms with van der Waals surface area (Å²) >= 11 is 0. The van der Waals surface area contributed by atoms with Crippen molar-refractivity contribution in [1.82, 2.24) is 0 Å². The Kier molecular flexibility index (Phi) is 4.38. The molecule has 7 heteroatoms. The lowest BCUT2D eigenvalue weighted by Crippen LogP contribution is -2.47. The molecule has 1 unspecified atom stereocenters. The first-order chi connectivity index (χ1) is 6.69. The monoisotopic (exact) mass is 220 g/mol. The number of carbonyl (C=O) groups is 3. The Morgan fingerprint density at radius 1 is 1.13 bits per heavy atom. The van der Waals surface area contributed by atoms with Crippen molar-refractivity contribution in [3.8, 4) is 0 Å². The summed E-state index contributed by atoms with van der Waals surface area (Å²) in [7, 11) is 0. The van der Waals surface area contributed by atoms with Crippen LogP contribution in [0.4, 0.5) is 0 Å². The van der Waals surface area contributed by atoms with Crippen molar-refractivity contribution < 1.29 is 34.8 Å². The topological polar surface area (TPSA) is 132 Å². The fourth-order valence-electron chi connectivity index (χ4n) is 1.13. The summed E-state index contributed by atoms with van der Waals surface area (Å²) in [5.41, 5.74) is -2.56. The number of Topliss-reactive ketones (excluding diaryl/α,β-unsaturated/α-hetero) is 1. The van der Waals surface area contributed by atoms with E-state index in [0.717, 1.165) is 6.92 Å². The molecule has 0 aliphatic heterocycles. The van der Waals surface area contributed by atoms with Gasteiger partial charge in [0.2, 0.25) is 0 Å². The van der Waals surface area contributed by atoms with Crippen molar-refractivity contribution >= 4 is 17.7 Å². The summed E-state index contributed by atoms with van der Waals surface area (Å²) < 4.78 is 0. The first-order valence-electron chi connectivity index (χ1n) is 4.07. The van der Waals surface area contributed by atoms with E-state index in [0.29, 0.717) is 0 Å². The highest BCUT2D eigenvalue weighted by atomic mass is 16.4. The Morgan fingerprint density at radius 2 is 1.47 bits per heavy atom. The Hall–Kier alpha value is -1.47. The molecule has 0 aliphatic carbocycles. The highest BCUT2D eigenvalue weighted by Gasteiger charge is 2.42. The van der Waals surface area contributed by atoms with Crippen molar-refractivity contribution in [3.05, 3.63) is 0 Å². The van der Waals surface area contributed by atoms with E-state index in [9.17, 15) is 19.5 Å². The van der Waals surface area contributed by atoms with E-state index >= 15 is 0 Å². The van der Waals surface area contributed by atoms with Crippen LogP contribution in [0.1, 0.15) is 19.8 Å². The number of aliphatic hydroxyl groups is 2. The van der Waals surface area contributed by atoms with Crippen LogP contribution in [0.2, 0.25) is 0 Å². The molecule has 0 radical (unpaired) electrons. The second kappa shape index (κ2) is 4.85. The molecule has 0 spiro atoms. The van der Waals surface area contributed by atoms with E-state index in [4.69, 9.17) is 15.3 Å². The van der Waals surface area contributed by atoms with Crippen LogP contribution in [-0.4, -0.2) is 49.9 Å². The van der Waals surface area contributed by atoms with Gasteiger partial charge >= 0.3 is 11.9 Å². The van der Waals surface area contributed by atoms with Crippen molar-refractivity contribution in [2.24, 2.45) is 0 Å². The number of ketones is 1. The van der Waals surface area contributed by atoms with Gasteiger partial charge in [0.05, 0.1) is 12.8 Å². The number of rotatable bonds is 6. The number of hydrogen-bond donors (Lipinski definition) is 4. The van der Waals surface area contributed by atoms with E-state index < -0.39 is 42.3 Å². The number of carbonyl (C=O) groups excluding carboxylic acids is 1. The minimum atomic E-state index is -2.56. The molecule has 0 amide bonds. The van der Waals surface area contributed by atoms with Gasteiger partial charge in [0.25, 0.3) is 0 Å². The number of carboxylic acid groups (broad SMARTS) is 2. The van der Waals surface area contributed by atoms with Crippen LogP contribution in [0.3, 0.4) is 0 Å². The number of hydrogen-bond acceptors (Lipinski definition) is 5. The normalized spacial score (nSPS) is 13.3. The van der Waals surface area contributed by atoms with E-state index in [1.54, 1.807) is 0 Å². The molecule has 0 fully saturated rings. The maximum Gasteiger partial charge on any atom is 0.306 e. The van der Waals surface area contributed by atoms with Crippen LogP contribution in [-0.2, 0) is 14.4 Å². The molecule has 0 rings (SSSR count). The zero-order valence-corrected chi connectivity index (χ0v) is 8.01. The summed E-state index contributed by atoms with van der Waals surface area (Å²) in [5, 5.41) is 35.2. The molecule has 0 saturated heterocycles. The van der Waals surface area contributed by atoms with E-state index in [1.807, 2.05) is 0 Å². The van der Waals surface area contributed by atoms with Gasteiger partial charge in [0, 0.05) is 0 Å². The van der Waals surface area contributed by atoms with Gasteiger partial charge in [-0.1, -0.05) is 0 Å². The first-order valence-corrected chi connectivity index (χ1v) is 4.07. The lowest BCUT2D eigenvalue weighted by molar-refractivity contribution is -0.161. The van der Waals surface area contributed by atoms with E-state index in [2.05, 4.69) is 0 Å². The second-order valence-electron chi connectivity index (χ2n) is 3.21. The van der Waals surface area contributed by atoms with Crippen molar-refractivity contribution in [2.75, 3.05) is 0 Å². The van der Waals surface area contributed by atoms with Gasteiger partial charge in [0.1, 0.15) is 11.7 Å². The standard InChI is InChI=1S/C8H12O7/c1-4(9)7(14)8(15,2-5(10)11)3-6(12)13/h4,9,15H,2-3H2,1H3,(H,10,11)(H,12,13). The quantitative estimate of drug-likeness (QED) is 0.433. The van der Waals surface area contributed by atoms with Crippen LogP contribution in [0, 0.1) is 0 Å². The van der Waals surface area contributed by atoms with Gasteiger partial charge in [-0.3, -0.25) is 14.4 Å². The molecular weight excluding hydrogens is 208 g/mol. The predicted molar refractivity (Wildman–Crippen MR) is 46.1 cm³/mol. The van der Waals surface area contributed by atoms with Gasteiger partial charge in [0.15, 0.2) is 5.78 Å². The predicted octanol–water partition coefficient (Wildman–Crippen LogP) is -1.38. The van der Waals surface area contributed by atoms with Gasteiger partial charge < -0.3 is 20.4 Å². The summed E-state index contributed by atoms with van der Waals surface area (Å²) in [4.78, 5) is 31.9. The molecule has 0 aromatic carbocycles. The smallest absolute Gasteiger partial charge is 0.306 e. The molecule has 15 heavy (non-hydrogen) atoms. The molecule has 0 aromatic heterocycles. The minimum Gasteiger partial charge on any atom is -0.481 e. The minimum absolute atomic E-state index is 1.02. The first kappa shape index (κ1) is 13.5. The largest absolute Gasteiger partial charge is 0.481 e. The van der Waals surface area contributed by atoms with Crippen LogP contribution >= 0.6 is 0 Å². The van der Waals surface area contributed by atoms with Crippen LogP contribution in [0.25, 0.3) is 0 Å². The lowest BCUT2D eigenvalue weighted by atomic mass is 9.88. The van der Waals surface area contributed by atoms with Crippen LogP contribution < -0.4 is 0 Å². The average molecular weight is 220 g/mol. The number of carboxylic acids is 2. The summed E-state index contributed by atoms with van der Waals surface area (Å²) in [6.45, 7) is 1.02. The van der Waals surface area contributed by atoms with Gasteiger partial charge in [-0.25, -0.2) is 0 Å². The fraction of sp³-hybridized carbons (Fsp3) is 0.625. The Labute approximate surface area is 85.0 Å². The third-order valence-electron chi connectivity index (χ3n) is 1.73. The highest BCUT2D eigenvalue weighted by Crippen LogP contribution is 2.19. The third-order valence-corrected chi connectivity index (χ3v) is 1.73. The van der Waals surface area contributed by atoms with E-state index in [-0.39, 0.29) is 0 Å². The summed E-state index contributed by atoms with van der Waals surface area (Å²) in [6, 6.07) is 0. The summed E-state index contributed by atoms with van der Waals surface area (Å²) in [5.74, 6) is -4.26. The molecule has 0 heterocycles. The molecule has 4 N–H and O–H groups in total. The molecule has 1 atom stereocenters. The zero-order chi connectivity index (χ0) is 12.2. The zero-order valence-electron chi connectivity index (χ0n) is 8.01. The van der Waals surface area contributed by atoms with Gasteiger partial charge in [-0.05, 0) is 6.92 Å². The molecule has 0 aromatic rings. The number of aliphatic carboxylic acids is 2. The maximum atomic E-state index is 11.2. The van der Waals surface area contributed by atoms with Crippen LogP contribution in [0.15, 0.2) is 0 Å². The van der Waals surface area contributed by atoms with Gasteiger partial charge in [-0.2, -0.15) is 0 Å². The average Bonchev–Trinajstić information content (AvgIpc) is 1.99. The van der Waals surface area contributed by atoms with Crippen molar-refractivity contribution in [3.63, 3.8) is 0 Å². The Bertz CT molecular complexity index is 265. The fourth-order valence-corrected chi connectivity index (χ4v) is 1.13.